The van der Waals surface area contributed by atoms with E-state index >= 15 is 0 Å². The van der Waals surface area contributed by atoms with Crippen LogP contribution in [0.3, 0.4) is 0 Å². The molecule has 5 atom stereocenters. The van der Waals surface area contributed by atoms with Crippen LogP contribution in [0.1, 0.15) is 45.3 Å². The SMILES string of the molecule is C[C@H]1[C@H]2C[C@@H](C[C@@H]1O)C(C)(C)O[C@H]2c1ccc(Cl)cc1F. The molecule has 0 aromatic heterocycles. The highest BCUT2D eigenvalue weighted by Crippen LogP contribution is 2.53. The Balaban J connectivity index is 2.00. The van der Waals surface area contributed by atoms with Crippen molar-refractivity contribution in [1.82, 2.24) is 0 Å². The van der Waals surface area contributed by atoms with Gasteiger partial charge in [-0.3, -0.25) is 0 Å². The molecule has 3 rings (SSSR count). The van der Waals surface area contributed by atoms with E-state index in [4.69, 9.17) is 16.3 Å². The molecular weight excluding hydrogens is 291 g/mol. The molecule has 0 spiro atoms. The van der Waals surface area contributed by atoms with Crippen molar-refractivity contribution in [1.29, 1.82) is 0 Å². The van der Waals surface area contributed by atoms with Gasteiger partial charge in [0.25, 0.3) is 0 Å². The molecule has 1 heterocycles. The first-order chi connectivity index (χ1) is 9.79. The second kappa shape index (κ2) is 5.22. The van der Waals surface area contributed by atoms with Crippen molar-refractivity contribution in [2.75, 3.05) is 0 Å². The zero-order valence-corrected chi connectivity index (χ0v) is 13.4. The number of hydrogen-bond acceptors (Lipinski definition) is 2. The molecule has 2 aliphatic rings. The second-order valence-electron chi connectivity index (χ2n) is 7.07. The maximum absolute atomic E-state index is 14.3. The molecule has 21 heavy (non-hydrogen) atoms. The first-order valence-electron chi connectivity index (χ1n) is 7.60. The first kappa shape index (κ1) is 15.3. The molecule has 116 valence electrons. The molecule has 0 unspecified atom stereocenters. The quantitative estimate of drug-likeness (QED) is 0.835. The fourth-order valence-electron chi connectivity index (χ4n) is 3.94. The van der Waals surface area contributed by atoms with E-state index in [9.17, 15) is 9.50 Å². The average molecular weight is 313 g/mol. The molecule has 1 aliphatic heterocycles. The van der Waals surface area contributed by atoms with Gasteiger partial charge in [0.15, 0.2) is 0 Å². The van der Waals surface area contributed by atoms with Gasteiger partial charge in [-0.25, -0.2) is 4.39 Å². The Labute approximate surface area is 130 Å². The number of rotatable bonds is 1. The lowest BCUT2D eigenvalue weighted by Crippen LogP contribution is -2.52. The van der Waals surface area contributed by atoms with Crippen molar-refractivity contribution in [3.63, 3.8) is 0 Å². The molecule has 2 nitrogen and oxygen atoms in total. The summed E-state index contributed by atoms with van der Waals surface area (Å²) in [4.78, 5) is 0. The van der Waals surface area contributed by atoms with Crippen LogP contribution in [-0.4, -0.2) is 16.8 Å². The van der Waals surface area contributed by atoms with Gasteiger partial charge in [-0.2, -0.15) is 0 Å². The van der Waals surface area contributed by atoms with Gasteiger partial charge in [0, 0.05) is 10.6 Å². The molecular formula is C17H22ClFO2. The Kier molecular flexibility index (Phi) is 3.79. The summed E-state index contributed by atoms with van der Waals surface area (Å²) in [5.74, 6) is 0.245. The van der Waals surface area contributed by atoms with Crippen LogP contribution in [0.5, 0.6) is 0 Å². The molecule has 1 saturated carbocycles. The molecule has 0 amide bonds. The van der Waals surface area contributed by atoms with E-state index in [1.165, 1.54) is 6.07 Å². The number of ether oxygens (including phenoxy) is 1. The Bertz CT molecular complexity index is 546. The molecule has 1 aliphatic carbocycles. The maximum Gasteiger partial charge on any atom is 0.130 e. The fraction of sp³-hybridized carbons (Fsp3) is 0.647. The number of aliphatic hydroxyl groups excluding tert-OH is 1. The molecule has 1 aromatic rings. The topological polar surface area (TPSA) is 29.5 Å². The van der Waals surface area contributed by atoms with E-state index < -0.39 is 0 Å². The van der Waals surface area contributed by atoms with Crippen LogP contribution in [0.4, 0.5) is 4.39 Å². The minimum Gasteiger partial charge on any atom is -0.393 e. The van der Waals surface area contributed by atoms with E-state index in [0.717, 1.165) is 12.8 Å². The Hall–Kier alpha value is -0.640. The summed E-state index contributed by atoms with van der Waals surface area (Å²) in [5.41, 5.74) is 0.200. The van der Waals surface area contributed by atoms with Crippen LogP contribution in [0.15, 0.2) is 18.2 Å². The van der Waals surface area contributed by atoms with Gasteiger partial charge < -0.3 is 9.84 Å². The van der Waals surface area contributed by atoms with Gasteiger partial charge in [-0.1, -0.05) is 24.6 Å². The van der Waals surface area contributed by atoms with E-state index in [1.807, 2.05) is 20.8 Å². The van der Waals surface area contributed by atoms with E-state index in [1.54, 1.807) is 12.1 Å². The number of halogens is 2. The summed E-state index contributed by atoms with van der Waals surface area (Å²) in [6.45, 7) is 6.11. The Morgan fingerprint density at radius 3 is 2.71 bits per heavy atom. The Morgan fingerprint density at radius 1 is 1.33 bits per heavy atom. The van der Waals surface area contributed by atoms with Crippen molar-refractivity contribution in [3.05, 3.63) is 34.6 Å². The summed E-state index contributed by atoms with van der Waals surface area (Å²) in [6, 6.07) is 4.75. The van der Waals surface area contributed by atoms with Crippen molar-refractivity contribution < 1.29 is 14.2 Å². The van der Waals surface area contributed by atoms with E-state index in [-0.39, 0.29) is 35.5 Å². The highest BCUT2D eigenvalue weighted by atomic mass is 35.5. The van der Waals surface area contributed by atoms with Crippen molar-refractivity contribution in [2.45, 2.75) is 51.4 Å². The third-order valence-electron chi connectivity index (χ3n) is 5.44. The Morgan fingerprint density at radius 2 is 2.05 bits per heavy atom. The number of benzene rings is 1. The molecule has 2 fully saturated rings. The maximum atomic E-state index is 14.3. The minimum atomic E-state index is -0.353. The molecule has 1 aromatic carbocycles. The van der Waals surface area contributed by atoms with Gasteiger partial charge in [0.1, 0.15) is 5.82 Å². The number of hydrogen-bond donors (Lipinski definition) is 1. The lowest BCUT2D eigenvalue weighted by molar-refractivity contribution is -0.216. The summed E-state index contributed by atoms with van der Waals surface area (Å²) >= 11 is 5.85. The molecule has 2 bridgehead atoms. The summed E-state index contributed by atoms with van der Waals surface area (Å²) < 4.78 is 20.6. The lowest BCUT2D eigenvalue weighted by atomic mass is 9.63. The van der Waals surface area contributed by atoms with Crippen molar-refractivity contribution in [2.24, 2.45) is 17.8 Å². The highest BCUT2D eigenvalue weighted by Gasteiger charge is 2.51. The third kappa shape index (κ3) is 2.60. The summed E-state index contributed by atoms with van der Waals surface area (Å²) in [5, 5.41) is 10.7. The number of aliphatic hydroxyl groups is 1. The summed E-state index contributed by atoms with van der Waals surface area (Å²) in [6.07, 6.45) is 1.08. The van der Waals surface area contributed by atoms with E-state index in [0.29, 0.717) is 16.5 Å². The normalized spacial score (nSPS) is 38.3. The first-order valence-corrected chi connectivity index (χ1v) is 7.98. The monoisotopic (exact) mass is 312 g/mol. The van der Waals surface area contributed by atoms with Gasteiger partial charge in [-0.15, -0.1) is 0 Å². The molecule has 1 saturated heterocycles. The van der Waals surface area contributed by atoms with Crippen LogP contribution in [0.25, 0.3) is 0 Å². The van der Waals surface area contributed by atoms with Crippen LogP contribution in [-0.2, 0) is 4.74 Å². The van der Waals surface area contributed by atoms with Crippen molar-refractivity contribution in [3.8, 4) is 0 Å². The van der Waals surface area contributed by atoms with E-state index in [2.05, 4.69) is 0 Å². The zero-order chi connectivity index (χ0) is 15.4. The van der Waals surface area contributed by atoms with Gasteiger partial charge in [-0.05, 0) is 56.6 Å². The van der Waals surface area contributed by atoms with Crippen molar-refractivity contribution >= 4 is 11.6 Å². The van der Waals surface area contributed by atoms with Crippen LogP contribution >= 0.6 is 11.6 Å². The molecule has 0 radical (unpaired) electrons. The third-order valence-corrected chi connectivity index (χ3v) is 5.67. The second-order valence-corrected chi connectivity index (χ2v) is 7.50. The lowest BCUT2D eigenvalue weighted by Gasteiger charge is -2.53. The van der Waals surface area contributed by atoms with Gasteiger partial charge >= 0.3 is 0 Å². The fourth-order valence-corrected chi connectivity index (χ4v) is 4.09. The minimum absolute atomic E-state index is 0.109. The van der Waals surface area contributed by atoms with Gasteiger partial charge in [0.05, 0.1) is 17.8 Å². The largest absolute Gasteiger partial charge is 0.393 e. The molecule has 4 heteroatoms. The smallest absolute Gasteiger partial charge is 0.130 e. The molecule has 1 N–H and O–H groups in total. The van der Waals surface area contributed by atoms with Crippen LogP contribution in [0, 0.1) is 23.6 Å². The predicted molar refractivity (Wildman–Crippen MR) is 80.7 cm³/mol. The predicted octanol–water partition coefficient (Wildman–Crippen LogP) is 4.35. The standard InChI is InChI=1S/C17H22ClFO2/c1-9-13-6-10(7-15(9)20)17(2,3)21-16(13)12-5-4-11(18)8-14(12)19/h4-5,8-10,13,15-16,20H,6-7H2,1-3H3/t9-,10-,13+,15-,16-/m0/s1. The van der Waals surface area contributed by atoms with Crippen LogP contribution < -0.4 is 0 Å². The average Bonchev–Trinajstić information content (AvgIpc) is 2.39. The van der Waals surface area contributed by atoms with Crippen LogP contribution in [0.2, 0.25) is 5.02 Å². The summed E-state index contributed by atoms with van der Waals surface area (Å²) in [7, 11) is 0. The van der Waals surface area contributed by atoms with Gasteiger partial charge in [0.2, 0.25) is 0 Å². The number of fused-ring (bicyclic) bond motifs is 2. The highest BCUT2D eigenvalue weighted by molar-refractivity contribution is 6.30. The zero-order valence-electron chi connectivity index (χ0n) is 12.6.